The summed E-state index contributed by atoms with van der Waals surface area (Å²) >= 11 is 1.04. The molecule has 0 unspecified atom stereocenters. The Balaban J connectivity index is 1.69. The maximum atomic E-state index is 12.8. The minimum atomic E-state index is -3.78. The molecule has 10 heteroatoms. The first-order chi connectivity index (χ1) is 11.9. The summed E-state index contributed by atoms with van der Waals surface area (Å²) in [7, 11) is -2.56. The van der Waals surface area contributed by atoms with Gasteiger partial charge in [0.25, 0.3) is 0 Å². The molecule has 0 aliphatic carbocycles. The fraction of sp³-hybridized carbons (Fsp3) is 0.600. The minimum absolute atomic E-state index is 0.0136. The molecule has 2 fully saturated rings. The number of nitrogens with zero attached hydrogens (tertiary/aromatic N) is 3. The largest absolute Gasteiger partial charge is 0.465 e. The van der Waals surface area contributed by atoms with Crippen molar-refractivity contribution in [3.8, 4) is 0 Å². The SMILES string of the molecule is COC(=O)c1sccc1S(=O)(=O)N1CCN(C(=O)N2CCCC2)CC1. The van der Waals surface area contributed by atoms with Crippen molar-refractivity contribution in [3.63, 3.8) is 0 Å². The summed E-state index contributed by atoms with van der Waals surface area (Å²) in [6.07, 6.45) is 2.04. The highest BCUT2D eigenvalue weighted by Crippen LogP contribution is 2.27. The Labute approximate surface area is 151 Å². The second kappa shape index (κ2) is 7.30. The molecule has 8 nitrogen and oxygen atoms in total. The van der Waals surface area contributed by atoms with Crippen molar-refractivity contribution in [3.05, 3.63) is 16.3 Å². The number of amides is 2. The summed E-state index contributed by atoms with van der Waals surface area (Å²) in [5.74, 6) is -0.656. The van der Waals surface area contributed by atoms with E-state index in [1.165, 1.54) is 17.5 Å². The number of piperazine rings is 1. The summed E-state index contributed by atoms with van der Waals surface area (Å²) in [6.45, 7) is 2.69. The van der Waals surface area contributed by atoms with Crippen molar-refractivity contribution < 1.29 is 22.7 Å². The minimum Gasteiger partial charge on any atom is -0.465 e. The van der Waals surface area contributed by atoms with E-state index in [0.29, 0.717) is 13.1 Å². The maximum absolute atomic E-state index is 12.8. The van der Waals surface area contributed by atoms with Crippen LogP contribution in [0.5, 0.6) is 0 Å². The molecule has 0 N–H and O–H groups in total. The molecular weight excluding hydrogens is 366 g/mol. The Morgan fingerprint density at radius 1 is 1.04 bits per heavy atom. The van der Waals surface area contributed by atoms with Crippen molar-refractivity contribution in [2.24, 2.45) is 0 Å². The molecule has 2 saturated heterocycles. The van der Waals surface area contributed by atoms with Gasteiger partial charge in [0.05, 0.1) is 7.11 Å². The first kappa shape index (κ1) is 18.2. The number of thiophene rings is 1. The quantitative estimate of drug-likeness (QED) is 0.724. The van der Waals surface area contributed by atoms with E-state index in [9.17, 15) is 18.0 Å². The van der Waals surface area contributed by atoms with Gasteiger partial charge in [-0.05, 0) is 24.3 Å². The standard InChI is InChI=1S/C15H21N3O5S2/c1-23-14(19)13-12(4-11-24-13)25(21,22)18-9-7-17(8-10-18)15(20)16-5-2-3-6-16/h4,11H,2-3,5-10H2,1H3. The van der Waals surface area contributed by atoms with Gasteiger partial charge in [-0.1, -0.05) is 0 Å². The lowest BCUT2D eigenvalue weighted by molar-refractivity contribution is 0.0602. The molecule has 2 aliphatic heterocycles. The second-order valence-electron chi connectivity index (χ2n) is 5.97. The Kier molecular flexibility index (Phi) is 5.30. The zero-order chi connectivity index (χ0) is 18.0. The van der Waals surface area contributed by atoms with Crippen LogP contribution in [0.25, 0.3) is 0 Å². The van der Waals surface area contributed by atoms with Gasteiger partial charge >= 0.3 is 12.0 Å². The number of carbonyl (C=O) groups is 2. The van der Waals surface area contributed by atoms with Crippen molar-refractivity contribution in [1.29, 1.82) is 0 Å². The molecule has 0 spiro atoms. The number of likely N-dealkylation sites (tertiary alicyclic amines) is 1. The average molecular weight is 387 g/mol. The van der Waals surface area contributed by atoms with Gasteiger partial charge in [0.1, 0.15) is 9.77 Å². The van der Waals surface area contributed by atoms with Crippen molar-refractivity contribution in [2.45, 2.75) is 17.7 Å². The van der Waals surface area contributed by atoms with Crippen LogP contribution < -0.4 is 0 Å². The molecule has 3 heterocycles. The Morgan fingerprint density at radius 2 is 1.64 bits per heavy atom. The fourth-order valence-corrected chi connectivity index (χ4v) is 5.84. The molecule has 3 rings (SSSR count). The highest BCUT2D eigenvalue weighted by Gasteiger charge is 2.35. The lowest BCUT2D eigenvalue weighted by atomic mass is 10.4. The third-order valence-corrected chi connectivity index (χ3v) is 7.47. The molecule has 138 valence electrons. The van der Waals surface area contributed by atoms with E-state index in [1.807, 2.05) is 4.90 Å². The van der Waals surface area contributed by atoms with Crippen LogP contribution in [0.2, 0.25) is 0 Å². The van der Waals surface area contributed by atoms with Crippen molar-refractivity contribution in [1.82, 2.24) is 14.1 Å². The summed E-state index contributed by atoms with van der Waals surface area (Å²) < 4.78 is 31.6. The van der Waals surface area contributed by atoms with Crippen molar-refractivity contribution >= 4 is 33.4 Å². The molecule has 0 atom stereocenters. The molecule has 25 heavy (non-hydrogen) atoms. The summed E-state index contributed by atoms with van der Waals surface area (Å²) in [6, 6.07) is 1.41. The molecule has 0 saturated carbocycles. The topological polar surface area (TPSA) is 87.2 Å². The van der Waals surface area contributed by atoms with Gasteiger partial charge in [-0.25, -0.2) is 18.0 Å². The number of ether oxygens (including phenoxy) is 1. The third-order valence-electron chi connectivity index (χ3n) is 4.50. The van der Waals surface area contributed by atoms with E-state index in [0.717, 1.165) is 37.3 Å². The number of hydrogen-bond donors (Lipinski definition) is 0. The second-order valence-corrected chi connectivity index (χ2v) is 8.80. The first-order valence-corrected chi connectivity index (χ1v) is 10.5. The normalized spacial score (nSPS) is 19.2. The summed E-state index contributed by atoms with van der Waals surface area (Å²) in [4.78, 5) is 27.7. The van der Waals surface area contributed by atoms with Gasteiger partial charge in [0, 0.05) is 39.3 Å². The van der Waals surface area contributed by atoms with Gasteiger partial charge in [0.2, 0.25) is 10.0 Å². The van der Waals surface area contributed by atoms with E-state index < -0.39 is 16.0 Å². The van der Waals surface area contributed by atoms with Crippen LogP contribution in [0.1, 0.15) is 22.5 Å². The molecule has 1 aromatic rings. The zero-order valence-electron chi connectivity index (χ0n) is 14.0. The third kappa shape index (κ3) is 3.51. The summed E-state index contributed by atoms with van der Waals surface area (Å²) in [5.41, 5.74) is 0. The maximum Gasteiger partial charge on any atom is 0.349 e. The van der Waals surface area contributed by atoms with Crippen LogP contribution in [0, 0.1) is 0 Å². The van der Waals surface area contributed by atoms with E-state index in [4.69, 9.17) is 0 Å². The Hall–Kier alpha value is -1.65. The Bertz CT molecular complexity index is 747. The number of methoxy groups -OCH3 is 1. The predicted molar refractivity (Wildman–Crippen MR) is 92.2 cm³/mol. The molecule has 0 radical (unpaired) electrons. The molecule has 2 amide bonds. The zero-order valence-corrected chi connectivity index (χ0v) is 15.6. The van der Waals surface area contributed by atoms with Gasteiger partial charge in [0.15, 0.2) is 0 Å². The average Bonchev–Trinajstić information content (AvgIpc) is 3.32. The predicted octanol–water partition coefficient (Wildman–Crippen LogP) is 1.06. The Morgan fingerprint density at radius 3 is 2.24 bits per heavy atom. The van der Waals surface area contributed by atoms with Gasteiger partial charge in [-0.3, -0.25) is 0 Å². The van der Waals surface area contributed by atoms with Crippen LogP contribution in [0.15, 0.2) is 16.3 Å². The molecule has 1 aromatic heterocycles. The first-order valence-electron chi connectivity index (χ1n) is 8.15. The lowest BCUT2D eigenvalue weighted by Gasteiger charge is -2.35. The van der Waals surface area contributed by atoms with E-state index in [-0.39, 0.29) is 28.9 Å². The number of rotatable bonds is 3. The highest BCUT2D eigenvalue weighted by atomic mass is 32.2. The molecular formula is C15H21N3O5S2. The van der Waals surface area contributed by atoms with Crippen molar-refractivity contribution in [2.75, 3.05) is 46.4 Å². The van der Waals surface area contributed by atoms with E-state index >= 15 is 0 Å². The smallest absolute Gasteiger partial charge is 0.349 e. The van der Waals surface area contributed by atoms with Crippen LogP contribution in [-0.4, -0.2) is 80.9 Å². The molecule has 2 aliphatic rings. The summed E-state index contributed by atoms with van der Waals surface area (Å²) in [5, 5.41) is 1.56. The van der Waals surface area contributed by atoms with Crippen LogP contribution >= 0.6 is 11.3 Å². The van der Waals surface area contributed by atoms with E-state index in [1.54, 1.807) is 10.3 Å². The lowest BCUT2D eigenvalue weighted by Crippen LogP contribution is -2.53. The molecule has 0 bridgehead atoms. The number of esters is 1. The highest BCUT2D eigenvalue weighted by molar-refractivity contribution is 7.89. The number of carbonyl (C=O) groups excluding carboxylic acids is 2. The van der Waals surface area contributed by atoms with E-state index in [2.05, 4.69) is 4.74 Å². The number of hydrogen-bond acceptors (Lipinski definition) is 6. The monoisotopic (exact) mass is 387 g/mol. The van der Waals surface area contributed by atoms with Gasteiger partial charge in [-0.15, -0.1) is 11.3 Å². The number of urea groups is 1. The van der Waals surface area contributed by atoms with Crippen LogP contribution in [0.3, 0.4) is 0 Å². The molecule has 0 aromatic carbocycles. The fourth-order valence-electron chi connectivity index (χ4n) is 3.11. The number of sulfonamides is 1. The van der Waals surface area contributed by atoms with Gasteiger partial charge < -0.3 is 14.5 Å². The van der Waals surface area contributed by atoms with Crippen LogP contribution in [-0.2, 0) is 14.8 Å². The van der Waals surface area contributed by atoms with Crippen LogP contribution in [0.4, 0.5) is 4.79 Å². The van der Waals surface area contributed by atoms with Gasteiger partial charge in [-0.2, -0.15) is 4.31 Å².